The Balaban J connectivity index is 2.26. The van der Waals surface area contributed by atoms with Crippen molar-refractivity contribution in [1.29, 1.82) is 0 Å². The standard InChI is InChI=1S/C27H34N2O2/c1-9-12-21-23(25(31)29(28-21)22-14-11-10-13-17(22)2)18-15-19(26(3,4)5)24(30)20(16-18)27(6,7)8/h10-11,13-16H,9,12H2,1-8H3. The van der Waals surface area contributed by atoms with Crippen molar-refractivity contribution in [3.8, 4) is 0 Å². The fourth-order valence-corrected chi connectivity index (χ4v) is 4.00. The van der Waals surface area contributed by atoms with Gasteiger partial charge in [-0.05, 0) is 53.5 Å². The van der Waals surface area contributed by atoms with Crippen LogP contribution in [0.4, 0.5) is 5.69 Å². The molecule has 0 saturated carbocycles. The number of Topliss-reactive ketones (excluding diaryl/α,β-unsaturated/α-hetero) is 1. The van der Waals surface area contributed by atoms with Gasteiger partial charge < -0.3 is 0 Å². The van der Waals surface area contributed by atoms with E-state index in [1.807, 2.05) is 84.9 Å². The minimum atomic E-state index is -0.326. The number of carbonyl (C=O) groups excluding carboxylic acids is 2. The van der Waals surface area contributed by atoms with Crippen LogP contribution < -0.4 is 5.01 Å². The Bertz CT molecular complexity index is 1020. The van der Waals surface area contributed by atoms with Gasteiger partial charge in [-0.3, -0.25) is 9.59 Å². The molecule has 1 aromatic rings. The molecule has 0 spiro atoms. The lowest BCUT2D eigenvalue weighted by Crippen LogP contribution is -2.29. The van der Waals surface area contributed by atoms with Crippen molar-refractivity contribution in [2.75, 3.05) is 5.01 Å². The Labute approximate surface area is 186 Å². The lowest BCUT2D eigenvalue weighted by atomic mass is 9.71. The van der Waals surface area contributed by atoms with Crippen molar-refractivity contribution in [2.45, 2.75) is 68.2 Å². The lowest BCUT2D eigenvalue weighted by molar-refractivity contribution is -0.115. The predicted octanol–water partition coefficient (Wildman–Crippen LogP) is 6.32. The number of rotatable bonds is 3. The van der Waals surface area contributed by atoms with Crippen molar-refractivity contribution in [3.05, 3.63) is 64.3 Å². The highest BCUT2D eigenvalue weighted by molar-refractivity contribution is 6.32. The third kappa shape index (κ3) is 4.34. The van der Waals surface area contributed by atoms with E-state index in [0.29, 0.717) is 12.0 Å². The molecule has 1 aliphatic heterocycles. The molecule has 31 heavy (non-hydrogen) atoms. The summed E-state index contributed by atoms with van der Waals surface area (Å²) in [7, 11) is 0. The van der Waals surface area contributed by atoms with E-state index in [1.54, 1.807) is 0 Å². The van der Waals surface area contributed by atoms with Crippen LogP contribution in [-0.4, -0.2) is 17.4 Å². The van der Waals surface area contributed by atoms with Crippen LogP contribution >= 0.6 is 0 Å². The number of aryl methyl sites for hydroxylation is 1. The van der Waals surface area contributed by atoms with E-state index < -0.39 is 0 Å². The minimum Gasteiger partial charge on any atom is -0.289 e. The van der Waals surface area contributed by atoms with Gasteiger partial charge in [-0.25, -0.2) is 0 Å². The first-order valence-electron chi connectivity index (χ1n) is 11.1. The van der Waals surface area contributed by atoms with Gasteiger partial charge in [0.25, 0.3) is 5.91 Å². The van der Waals surface area contributed by atoms with Gasteiger partial charge in [-0.15, -0.1) is 0 Å². The number of allylic oxidation sites excluding steroid dienone is 5. The maximum atomic E-state index is 13.6. The summed E-state index contributed by atoms with van der Waals surface area (Å²) in [6.45, 7) is 16.3. The summed E-state index contributed by atoms with van der Waals surface area (Å²) in [5.74, 6) is -0.0596. The minimum absolute atomic E-state index is 0.0690. The first kappa shape index (κ1) is 22.9. The van der Waals surface area contributed by atoms with E-state index in [1.165, 1.54) is 5.01 Å². The molecular formula is C27H34N2O2. The Morgan fingerprint density at radius 3 is 1.94 bits per heavy atom. The zero-order valence-electron chi connectivity index (χ0n) is 20.1. The number of hydrazone groups is 1. The van der Waals surface area contributed by atoms with Crippen LogP contribution in [0.15, 0.2) is 63.8 Å². The van der Waals surface area contributed by atoms with Gasteiger partial charge in [-0.1, -0.05) is 73.1 Å². The number of ketones is 1. The molecule has 3 rings (SSSR count). The van der Waals surface area contributed by atoms with Gasteiger partial charge >= 0.3 is 0 Å². The molecule has 0 fully saturated rings. The molecule has 2 aliphatic rings. The van der Waals surface area contributed by atoms with Crippen LogP contribution in [0.5, 0.6) is 0 Å². The monoisotopic (exact) mass is 418 g/mol. The number of carbonyl (C=O) groups is 2. The van der Waals surface area contributed by atoms with Gasteiger partial charge in [0.15, 0.2) is 5.78 Å². The zero-order valence-corrected chi connectivity index (χ0v) is 20.1. The molecule has 4 nitrogen and oxygen atoms in total. The highest BCUT2D eigenvalue weighted by atomic mass is 16.2. The number of amides is 1. The largest absolute Gasteiger partial charge is 0.289 e. The maximum Gasteiger partial charge on any atom is 0.281 e. The maximum absolute atomic E-state index is 13.6. The third-order valence-corrected chi connectivity index (χ3v) is 5.74. The molecular weight excluding hydrogens is 384 g/mol. The normalized spacial score (nSPS) is 17.8. The van der Waals surface area contributed by atoms with Crippen molar-refractivity contribution in [1.82, 2.24) is 0 Å². The summed E-state index contributed by atoms with van der Waals surface area (Å²) in [6.07, 6.45) is 5.42. The van der Waals surface area contributed by atoms with E-state index in [2.05, 4.69) is 6.92 Å². The number of para-hydroxylation sites is 1. The Hall–Kier alpha value is -2.75. The molecule has 0 bridgehead atoms. The molecule has 0 N–H and O–H groups in total. The number of benzene rings is 1. The third-order valence-electron chi connectivity index (χ3n) is 5.74. The van der Waals surface area contributed by atoms with Crippen LogP contribution in [0.25, 0.3) is 0 Å². The topological polar surface area (TPSA) is 49.7 Å². The molecule has 1 aliphatic carbocycles. The van der Waals surface area contributed by atoms with Crippen LogP contribution in [0, 0.1) is 17.8 Å². The molecule has 0 atom stereocenters. The summed E-state index contributed by atoms with van der Waals surface area (Å²) in [6, 6.07) is 7.78. The highest BCUT2D eigenvalue weighted by Crippen LogP contribution is 2.41. The Kier molecular flexibility index (Phi) is 5.96. The zero-order chi connectivity index (χ0) is 23.1. The molecule has 0 unspecified atom stereocenters. The summed E-state index contributed by atoms with van der Waals surface area (Å²) >= 11 is 0. The van der Waals surface area contributed by atoms with Gasteiger partial charge in [-0.2, -0.15) is 10.1 Å². The molecule has 4 heteroatoms. The van der Waals surface area contributed by atoms with Crippen LogP contribution in [0.3, 0.4) is 0 Å². The fraction of sp³-hybridized carbons (Fsp3) is 0.444. The van der Waals surface area contributed by atoms with Crippen LogP contribution in [-0.2, 0) is 9.59 Å². The molecule has 1 amide bonds. The highest BCUT2D eigenvalue weighted by Gasteiger charge is 2.38. The summed E-state index contributed by atoms with van der Waals surface area (Å²) in [5, 5.41) is 6.26. The van der Waals surface area contributed by atoms with E-state index in [9.17, 15) is 9.59 Å². The first-order valence-corrected chi connectivity index (χ1v) is 11.1. The predicted molar refractivity (Wildman–Crippen MR) is 128 cm³/mol. The Morgan fingerprint density at radius 1 is 0.903 bits per heavy atom. The number of anilines is 1. The fourth-order valence-electron chi connectivity index (χ4n) is 4.00. The second-order valence-electron chi connectivity index (χ2n) is 10.5. The van der Waals surface area contributed by atoms with Crippen molar-refractivity contribution < 1.29 is 9.59 Å². The second-order valence-corrected chi connectivity index (χ2v) is 10.5. The number of hydrogen-bond donors (Lipinski definition) is 0. The summed E-state index contributed by atoms with van der Waals surface area (Å²) in [5.41, 5.74) is 4.81. The van der Waals surface area contributed by atoms with E-state index >= 15 is 0 Å². The molecule has 0 radical (unpaired) electrons. The van der Waals surface area contributed by atoms with Gasteiger partial charge in [0.2, 0.25) is 0 Å². The number of hydrogen-bond acceptors (Lipinski definition) is 3. The average Bonchev–Trinajstić information content (AvgIpc) is 2.97. The quantitative estimate of drug-likeness (QED) is 0.539. The second kappa shape index (κ2) is 8.07. The molecule has 164 valence electrons. The van der Waals surface area contributed by atoms with Crippen molar-refractivity contribution in [2.24, 2.45) is 15.9 Å². The van der Waals surface area contributed by atoms with E-state index in [-0.39, 0.29) is 22.5 Å². The first-order chi connectivity index (χ1) is 14.4. The van der Waals surface area contributed by atoms with Gasteiger partial charge in [0.1, 0.15) is 0 Å². The molecule has 0 aromatic heterocycles. The van der Waals surface area contributed by atoms with Gasteiger partial charge in [0, 0.05) is 11.1 Å². The molecule has 0 saturated heterocycles. The summed E-state index contributed by atoms with van der Waals surface area (Å²) in [4.78, 5) is 27.0. The molecule has 1 aromatic carbocycles. The number of nitrogens with zero attached hydrogens (tertiary/aromatic N) is 2. The smallest absolute Gasteiger partial charge is 0.281 e. The lowest BCUT2D eigenvalue weighted by Gasteiger charge is -2.31. The Morgan fingerprint density at radius 2 is 1.45 bits per heavy atom. The van der Waals surface area contributed by atoms with Crippen LogP contribution in [0.1, 0.15) is 66.9 Å². The summed E-state index contributed by atoms with van der Waals surface area (Å²) < 4.78 is 0. The molecule has 1 heterocycles. The van der Waals surface area contributed by atoms with E-state index in [0.717, 1.165) is 40.1 Å². The SMILES string of the molecule is CCCC1=NN(c2ccccc2C)C(=O)C1=C1C=C(C(C)(C)C)C(=O)C(C(C)(C)C)=C1. The van der Waals surface area contributed by atoms with Gasteiger partial charge in [0.05, 0.1) is 17.0 Å². The van der Waals surface area contributed by atoms with Crippen molar-refractivity contribution in [3.63, 3.8) is 0 Å². The average molecular weight is 419 g/mol. The van der Waals surface area contributed by atoms with Crippen LogP contribution in [0.2, 0.25) is 0 Å². The van der Waals surface area contributed by atoms with E-state index in [4.69, 9.17) is 5.10 Å². The van der Waals surface area contributed by atoms with Crippen molar-refractivity contribution >= 4 is 23.1 Å².